The van der Waals surface area contributed by atoms with Gasteiger partial charge in [-0.2, -0.15) is 0 Å². The number of aromatic nitrogens is 1. The van der Waals surface area contributed by atoms with E-state index in [9.17, 15) is 15.3 Å². The summed E-state index contributed by atoms with van der Waals surface area (Å²) in [5.74, 6) is -2.77. The lowest BCUT2D eigenvalue weighted by atomic mass is 9.53. The first-order valence-electron chi connectivity index (χ1n) is 19.5. The molecular formula is C44H47Cl2FN4O6. The summed E-state index contributed by atoms with van der Waals surface area (Å²) in [5.41, 5.74) is -1.24. The Morgan fingerprint density at radius 3 is 2.30 bits per heavy atom. The molecule has 8 rings (SSSR count). The number of rotatable bonds is 8. The molecule has 1 aliphatic carbocycles. The van der Waals surface area contributed by atoms with Crippen LogP contribution in [0, 0.1) is 11.2 Å². The number of benzene rings is 3. The SMILES string of the molecule is CC1(C)CCC2(CC1)N([C@H](c1ccccc1)[C@@H](O)c1ccccc1)[C@@H](C(=O)N[C@H]1CO[C@H](CO)[C@@H](O)C1)[C@H](c1cccc(Cl)c1F)[C@]21C(=O)Nc2nc(Cl)ccc21. The summed E-state index contributed by atoms with van der Waals surface area (Å²) in [6, 6.07) is 23.6. The lowest BCUT2D eigenvalue weighted by molar-refractivity contribution is -0.140. The number of aliphatic hydroxyl groups excluding tert-OH is 3. The molecule has 3 aliphatic heterocycles. The van der Waals surface area contributed by atoms with Crippen LogP contribution in [0.1, 0.15) is 86.3 Å². The first-order chi connectivity index (χ1) is 27.3. The van der Waals surface area contributed by atoms with Gasteiger partial charge in [0.2, 0.25) is 11.8 Å². The van der Waals surface area contributed by atoms with Gasteiger partial charge in [-0.3, -0.25) is 14.5 Å². The van der Waals surface area contributed by atoms with Gasteiger partial charge in [0.15, 0.2) is 0 Å². The number of anilines is 1. The quantitative estimate of drug-likeness (QED) is 0.125. The molecule has 0 bridgehead atoms. The highest BCUT2D eigenvalue weighted by molar-refractivity contribution is 6.31. The molecule has 1 saturated carbocycles. The molecule has 13 heteroatoms. The number of hydrogen-bond donors (Lipinski definition) is 5. The fraction of sp³-hybridized carbons (Fsp3) is 0.432. The van der Waals surface area contributed by atoms with E-state index >= 15 is 14.0 Å². The Balaban J connectivity index is 1.45. The van der Waals surface area contributed by atoms with Crippen LogP contribution in [0.25, 0.3) is 0 Å². The highest BCUT2D eigenvalue weighted by Gasteiger charge is 2.77. The Morgan fingerprint density at radius 2 is 1.65 bits per heavy atom. The summed E-state index contributed by atoms with van der Waals surface area (Å²) in [4.78, 5) is 37.8. The smallest absolute Gasteiger partial charge is 0.238 e. The van der Waals surface area contributed by atoms with Gasteiger partial charge in [-0.15, -0.1) is 0 Å². The van der Waals surface area contributed by atoms with Crippen molar-refractivity contribution in [2.45, 2.75) is 99.3 Å². The van der Waals surface area contributed by atoms with Gasteiger partial charge in [0.25, 0.3) is 0 Å². The number of nitrogens with zero attached hydrogens (tertiary/aromatic N) is 2. The topological polar surface area (TPSA) is 144 Å². The van der Waals surface area contributed by atoms with E-state index in [2.05, 4.69) is 29.5 Å². The molecule has 300 valence electrons. The van der Waals surface area contributed by atoms with Crippen LogP contribution in [0.4, 0.5) is 10.2 Å². The molecule has 4 aromatic rings. The van der Waals surface area contributed by atoms with E-state index in [-0.39, 0.29) is 40.0 Å². The predicted octanol–water partition coefficient (Wildman–Crippen LogP) is 6.63. The minimum Gasteiger partial charge on any atom is -0.394 e. The molecular weight excluding hydrogens is 770 g/mol. The summed E-state index contributed by atoms with van der Waals surface area (Å²) in [6.07, 6.45) is -0.942. The Labute approximate surface area is 341 Å². The van der Waals surface area contributed by atoms with Crippen LogP contribution in [0.2, 0.25) is 10.2 Å². The van der Waals surface area contributed by atoms with Crippen molar-refractivity contribution in [2.75, 3.05) is 18.5 Å². The molecule has 0 unspecified atom stereocenters. The summed E-state index contributed by atoms with van der Waals surface area (Å²) >= 11 is 13.1. The molecule has 2 saturated heterocycles. The maximum absolute atomic E-state index is 17.1. The number of nitrogens with one attached hydrogen (secondary N) is 2. The number of fused-ring (bicyclic) bond motifs is 3. The van der Waals surface area contributed by atoms with Crippen LogP contribution < -0.4 is 10.6 Å². The van der Waals surface area contributed by atoms with Crippen molar-refractivity contribution in [3.05, 3.63) is 129 Å². The zero-order valence-corrected chi connectivity index (χ0v) is 33.3. The number of amides is 2. The van der Waals surface area contributed by atoms with Crippen molar-refractivity contribution in [3.63, 3.8) is 0 Å². The minimum absolute atomic E-state index is 0.00189. The molecule has 10 nitrogen and oxygen atoms in total. The molecule has 5 N–H and O–H groups in total. The van der Waals surface area contributed by atoms with Crippen molar-refractivity contribution in [2.24, 2.45) is 5.41 Å². The first-order valence-corrected chi connectivity index (χ1v) is 20.3. The van der Waals surface area contributed by atoms with Crippen LogP contribution >= 0.6 is 23.2 Å². The fourth-order valence-electron chi connectivity index (χ4n) is 10.4. The first kappa shape index (κ1) is 39.9. The summed E-state index contributed by atoms with van der Waals surface area (Å²) in [7, 11) is 0. The van der Waals surface area contributed by atoms with Gasteiger partial charge < -0.3 is 30.7 Å². The second-order valence-electron chi connectivity index (χ2n) is 16.7. The van der Waals surface area contributed by atoms with Gasteiger partial charge >= 0.3 is 0 Å². The maximum Gasteiger partial charge on any atom is 0.238 e. The average Bonchev–Trinajstić information content (AvgIpc) is 3.63. The van der Waals surface area contributed by atoms with Crippen molar-refractivity contribution in [1.29, 1.82) is 0 Å². The zero-order valence-electron chi connectivity index (χ0n) is 31.7. The molecule has 4 heterocycles. The van der Waals surface area contributed by atoms with Gasteiger partial charge in [0, 0.05) is 17.0 Å². The molecule has 0 radical (unpaired) electrons. The number of aliphatic hydroxyl groups is 3. The monoisotopic (exact) mass is 816 g/mol. The molecule has 3 fully saturated rings. The van der Waals surface area contributed by atoms with Crippen molar-refractivity contribution >= 4 is 40.8 Å². The van der Waals surface area contributed by atoms with Gasteiger partial charge in [0.05, 0.1) is 48.6 Å². The summed E-state index contributed by atoms with van der Waals surface area (Å²) in [6.45, 7) is 3.96. The van der Waals surface area contributed by atoms with E-state index in [0.29, 0.717) is 42.4 Å². The van der Waals surface area contributed by atoms with Gasteiger partial charge in [-0.05, 0) is 66.3 Å². The third-order valence-electron chi connectivity index (χ3n) is 13.1. The van der Waals surface area contributed by atoms with Gasteiger partial charge in [-0.1, -0.05) is 116 Å². The molecule has 4 aliphatic rings. The number of halogens is 3. The number of hydrogen-bond acceptors (Lipinski definition) is 8. The van der Waals surface area contributed by atoms with Crippen LogP contribution in [0.15, 0.2) is 91.0 Å². The highest BCUT2D eigenvalue weighted by atomic mass is 35.5. The number of likely N-dealkylation sites (tertiary alicyclic amines) is 1. The Kier molecular flexibility index (Phi) is 10.7. The lowest BCUT2D eigenvalue weighted by Gasteiger charge is -2.56. The van der Waals surface area contributed by atoms with E-state index in [1.807, 2.05) is 65.6 Å². The number of carbonyl (C=O) groups is 2. The van der Waals surface area contributed by atoms with E-state index in [1.54, 1.807) is 24.3 Å². The fourth-order valence-corrected chi connectivity index (χ4v) is 10.7. The van der Waals surface area contributed by atoms with Gasteiger partial charge in [0.1, 0.15) is 28.3 Å². The molecule has 8 atom stereocenters. The zero-order chi connectivity index (χ0) is 40.3. The average molecular weight is 818 g/mol. The van der Waals surface area contributed by atoms with E-state index < -0.39 is 77.5 Å². The number of pyridine rings is 1. The molecule has 1 aromatic heterocycles. The number of carbonyl (C=O) groups excluding carboxylic acids is 2. The Morgan fingerprint density at radius 1 is 0.982 bits per heavy atom. The second-order valence-corrected chi connectivity index (χ2v) is 17.5. The van der Waals surface area contributed by atoms with Gasteiger partial charge in [-0.25, -0.2) is 9.37 Å². The second kappa shape index (κ2) is 15.3. The standard InChI is InChI=1S/C44H47Cl2FN4O6/c1-42(2)18-20-43(21-19-42)44(29-16-17-33(46)49-39(29)50-41(44)56)34(28-14-9-15-30(45)35(28)47)37(40(55)48-27-22-31(53)32(23-52)57-24-27)51(43)36(25-10-5-3-6-11-25)38(54)26-12-7-4-8-13-26/h3-17,27,31-32,34,36-38,52-54H,18-24H2,1-2H3,(H,48,55)(H,49,50,56)/t27-,31+,32-,34+,36-,37-,38+,44-/m1/s1. The Bertz CT molecular complexity index is 2140. The van der Waals surface area contributed by atoms with E-state index in [1.165, 1.54) is 6.07 Å². The van der Waals surface area contributed by atoms with Crippen molar-refractivity contribution in [1.82, 2.24) is 15.2 Å². The Hall–Kier alpha value is -3.94. The number of ether oxygens (including phenoxy) is 1. The summed E-state index contributed by atoms with van der Waals surface area (Å²) in [5, 5.41) is 39.6. The molecule has 57 heavy (non-hydrogen) atoms. The predicted molar refractivity (Wildman–Crippen MR) is 214 cm³/mol. The van der Waals surface area contributed by atoms with E-state index in [0.717, 1.165) is 0 Å². The third kappa shape index (κ3) is 6.56. The molecule has 2 amide bonds. The van der Waals surface area contributed by atoms with Crippen molar-refractivity contribution < 1.29 is 34.0 Å². The third-order valence-corrected chi connectivity index (χ3v) is 13.6. The molecule has 2 spiro atoms. The summed E-state index contributed by atoms with van der Waals surface area (Å²) < 4.78 is 22.8. The normalized spacial score (nSPS) is 28.8. The highest BCUT2D eigenvalue weighted by Crippen LogP contribution is 2.69. The lowest BCUT2D eigenvalue weighted by Crippen LogP contribution is -2.64. The van der Waals surface area contributed by atoms with Crippen molar-refractivity contribution in [3.8, 4) is 0 Å². The minimum atomic E-state index is -1.67. The van der Waals surface area contributed by atoms with Crippen LogP contribution in [-0.2, 0) is 19.7 Å². The van der Waals surface area contributed by atoms with E-state index in [4.69, 9.17) is 27.9 Å². The largest absolute Gasteiger partial charge is 0.394 e. The molecule has 3 aromatic carbocycles. The maximum atomic E-state index is 17.1. The van der Waals surface area contributed by atoms with Crippen LogP contribution in [0.3, 0.4) is 0 Å². The van der Waals surface area contributed by atoms with Crippen LogP contribution in [0.5, 0.6) is 0 Å². The van der Waals surface area contributed by atoms with Crippen LogP contribution in [-0.4, -0.2) is 80.1 Å².